The largest absolute Gasteiger partial charge is 0.481 e. The summed E-state index contributed by atoms with van der Waals surface area (Å²) in [5.74, 6) is -1.20. The van der Waals surface area contributed by atoms with Gasteiger partial charge in [0.1, 0.15) is 0 Å². The van der Waals surface area contributed by atoms with Crippen LogP contribution in [0.5, 0.6) is 0 Å². The van der Waals surface area contributed by atoms with Gasteiger partial charge in [-0.2, -0.15) is 0 Å². The molecule has 0 saturated carbocycles. The molecule has 0 spiro atoms. The second-order valence-electron chi connectivity index (χ2n) is 5.71. The van der Waals surface area contributed by atoms with Crippen LogP contribution in [0.25, 0.3) is 0 Å². The second kappa shape index (κ2) is 8.49. The van der Waals surface area contributed by atoms with Gasteiger partial charge in [0.25, 0.3) is 0 Å². The Labute approximate surface area is 124 Å². The van der Waals surface area contributed by atoms with Crippen molar-refractivity contribution in [1.82, 2.24) is 10.2 Å². The van der Waals surface area contributed by atoms with E-state index in [9.17, 15) is 14.4 Å². The van der Waals surface area contributed by atoms with Crippen molar-refractivity contribution in [2.24, 2.45) is 17.6 Å². The van der Waals surface area contributed by atoms with Gasteiger partial charge in [0.15, 0.2) is 0 Å². The second-order valence-corrected chi connectivity index (χ2v) is 5.71. The topological polar surface area (TPSA) is 113 Å². The van der Waals surface area contributed by atoms with Gasteiger partial charge in [-0.05, 0) is 31.6 Å². The van der Waals surface area contributed by atoms with Gasteiger partial charge >= 0.3 is 12.0 Å². The highest BCUT2D eigenvalue weighted by Gasteiger charge is 2.23. The van der Waals surface area contributed by atoms with E-state index in [0.29, 0.717) is 38.9 Å². The molecule has 120 valence electrons. The molecule has 0 bridgehead atoms. The van der Waals surface area contributed by atoms with Gasteiger partial charge in [-0.1, -0.05) is 6.92 Å². The molecular weight excluding hydrogens is 274 g/mol. The third-order valence-electron chi connectivity index (χ3n) is 3.90. The third-order valence-corrected chi connectivity index (χ3v) is 3.90. The summed E-state index contributed by atoms with van der Waals surface area (Å²) in [7, 11) is 0. The monoisotopic (exact) mass is 299 g/mol. The molecule has 7 nitrogen and oxygen atoms in total. The van der Waals surface area contributed by atoms with Gasteiger partial charge in [-0.3, -0.25) is 9.59 Å². The van der Waals surface area contributed by atoms with Crippen molar-refractivity contribution in [2.75, 3.05) is 19.6 Å². The highest BCUT2D eigenvalue weighted by atomic mass is 16.4. The van der Waals surface area contributed by atoms with E-state index in [0.717, 1.165) is 12.8 Å². The predicted molar refractivity (Wildman–Crippen MR) is 77.5 cm³/mol. The minimum atomic E-state index is -0.808. The van der Waals surface area contributed by atoms with Crippen molar-refractivity contribution in [2.45, 2.75) is 39.0 Å². The van der Waals surface area contributed by atoms with Crippen LogP contribution in [0, 0.1) is 11.8 Å². The fraction of sp³-hybridized carbons (Fsp3) is 0.786. The average molecular weight is 299 g/mol. The summed E-state index contributed by atoms with van der Waals surface area (Å²) < 4.78 is 0. The molecule has 0 aromatic carbocycles. The molecule has 0 aromatic heterocycles. The molecule has 0 aromatic rings. The predicted octanol–water partition coefficient (Wildman–Crippen LogP) is 0.784. The van der Waals surface area contributed by atoms with Crippen molar-refractivity contribution < 1.29 is 19.5 Å². The molecule has 3 amide bonds. The third kappa shape index (κ3) is 6.46. The summed E-state index contributed by atoms with van der Waals surface area (Å²) in [4.78, 5) is 35.1. The molecule has 1 aliphatic heterocycles. The zero-order valence-electron chi connectivity index (χ0n) is 12.5. The van der Waals surface area contributed by atoms with E-state index < -0.39 is 5.97 Å². The van der Waals surface area contributed by atoms with Gasteiger partial charge in [-0.25, -0.2) is 4.79 Å². The molecule has 0 aliphatic carbocycles. The molecule has 4 N–H and O–H groups in total. The minimum absolute atomic E-state index is 0.115. The van der Waals surface area contributed by atoms with E-state index in [1.54, 1.807) is 11.8 Å². The number of rotatable bonds is 7. The summed E-state index contributed by atoms with van der Waals surface area (Å²) in [6, 6.07) is -0.115. The fourth-order valence-corrected chi connectivity index (χ4v) is 2.46. The number of carbonyl (C=O) groups excluding carboxylic acids is 2. The number of nitrogens with two attached hydrogens (primary N) is 1. The maximum atomic E-state index is 11.9. The molecule has 1 rings (SSSR count). The molecule has 1 aliphatic rings. The van der Waals surface area contributed by atoms with Crippen LogP contribution in [-0.2, 0) is 9.59 Å². The summed E-state index contributed by atoms with van der Waals surface area (Å²) in [5.41, 5.74) is 5.17. The molecule has 21 heavy (non-hydrogen) atoms. The Morgan fingerprint density at radius 3 is 2.48 bits per heavy atom. The number of nitrogens with one attached hydrogen (secondary N) is 1. The number of carbonyl (C=O) groups is 3. The number of hydrogen-bond acceptors (Lipinski definition) is 3. The summed E-state index contributed by atoms with van der Waals surface area (Å²) >= 11 is 0. The molecule has 1 heterocycles. The highest BCUT2D eigenvalue weighted by Crippen LogP contribution is 2.20. The maximum Gasteiger partial charge on any atom is 0.317 e. The van der Waals surface area contributed by atoms with Gasteiger partial charge < -0.3 is 21.1 Å². The Morgan fingerprint density at radius 2 is 1.95 bits per heavy atom. The number of primary amides is 1. The first-order valence-corrected chi connectivity index (χ1v) is 7.44. The molecule has 7 heteroatoms. The van der Waals surface area contributed by atoms with Crippen molar-refractivity contribution >= 4 is 17.9 Å². The van der Waals surface area contributed by atoms with Crippen molar-refractivity contribution in [1.29, 1.82) is 0 Å². The minimum Gasteiger partial charge on any atom is -0.481 e. The molecule has 1 atom stereocenters. The standard InChI is InChI=1S/C14H25N3O4/c1-10(13(19)20)3-2-6-16-14(21)17-7-4-11(5-8-17)9-12(15)18/h10-11H,2-9H2,1H3,(H2,15,18)(H,16,21)(H,19,20). The number of amides is 3. The lowest BCUT2D eigenvalue weighted by atomic mass is 9.93. The summed E-state index contributed by atoms with van der Waals surface area (Å²) in [6.07, 6.45) is 3.19. The quantitative estimate of drug-likeness (QED) is 0.603. The number of carboxylic acids is 1. The van der Waals surface area contributed by atoms with E-state index in [4.69, 9.17) is 10.8 Å². The van der Waals surface area contributed by atoms with Gasteiger partial charge in [0, 0.05) is 26.1 Å². The van der Waals surface area contributed by atoms with Gasteiger partial charge in [0.2, 0.25) is 5.91 Å². The van der Waals surface area contributed by atoms with Crippen molar-refractivity contribution in [3.63, 3.8) is 0 Å². The molecular formula is C14H25N3O4. The number of urea groups is 1. The van der Waals surface area contributed by atoms with E-state index in [2.05, 4.69) is 5.32 Å². The van der Waals surface area contributed by atoms with Crippen LogP contribution >= 0.6 is 0 Å². The van der Waals surface area contributed by atoms with Crippen LogP contribution in [0.1, 0.15) is 39.0 Å². The lowest BCUT2D eigenvalue weighted by molar-refractivity contribution is -0.141. The van der Waals surface area contributed by atoms with Crippen LogP contribution in [0.15, 0.2) is 0 Å². The Balaban J connectivity index is 2.16. The number of carboxylic acid groups (broad SMARTS) is 1. The first-order valence-electron chi connectivity index (χ1n) is 7.44. The molecule has 1 unspecified atom stereocenters. The zero-order valence-corrected chi connectivity index (χ0v) is 12.5. The van der Waals surface area contributed by atoms with Crippen molar-refractivity contribution in [3.8, 4) is 0 Å². The Bertz CT molecular complexity index is 378. The van der Waals surface area contributed by atoms with E-state index in [-0.39, 0.29) is 23.8 Å². The number of piperidine rings is 1. The zero-order chi connectivity index (χ0) is 15.8. The molecule has 0 radical (unpaired) electrons. The SMILES string of the molecule is CC(CCCNC(=O)N1CCC(CC(N)=O)CC1)C(=O)O. The number of likely N-dealkylation sites (tertiary alicyclic amines) is 1. The maximum absolute atomic E-state index is 11.9. The number of aliphatic carboxylic acids is 1. The highest BCUT2D eigenvalue weighted by molar-refractivity contribution is 5.75. The average Bonchev–Trinajstić information content (AvgIpc) is 2.43. The van der Waals surface area contributed by atoms with Crippen LogP contribution in [0.3, 0.4) is 0 Å². The first-order chi connectivity index (χ1) is 9.90. The normalized spacial score (nSPS) is 17.3. The van der Waals surface area contributed by atoms with Crippen LogP contribution in [0.4, 0.5) is 4.79 Å². The molecule has 1 fully saturated rings. The summed E-state index contributed by atoms with van der Waals surface area (Å²) in [6.45, 7) is 3.41. The van der Waals surface area contributed by atoms with E-state index >= 15 is 0 Å². The Morgan fingerprint density at radius 1 is 1.33 bits per heavy atom. The Kier molecular flexibility index (Phi) is 6.98. The van der Waals surface area contributed by atoms with Crippen molar-refractivity contribution in [3.05, 3.63) is 0 Å². The van der Waals surface area contributed by atoms with Crippen LogP contribution in [-0.4, -0.2) is 47.5 Å². The van der Waals surface area contributed by atoms with E-state index in [1.807, 2.05) is 0 Å². The fourth-order valence-electron chi connectivity index (χ4n) is 2.46. The Hall–Kier alpha value is -1.79. The van der Waals surface area contributed by atoms with Gasteiger partial charge in [0.05, 0.1) is 5.92 Å². The molecule has 1 saturated heterocycles. The van der Waals surface area contributed by atoms with Crippen LogP contribution < -0.4 is 11.1 Å². The first kappa shape index (κ1) is 17.3. The van der Waals surface area contributed by atoms with Gasteiger partial charge in [-0.15, -0.1) is 0 Å². The smallest absolute Gasteiger partial charge is 0.317 e. The van der Waals surface area contributed by atoms with E-state index in [1.165, 1.54) is 0 Å². The number of hydrogen-bond donors (Lipinski definition) is 3. The summed E-state index contributed by atoms with van der Waals surface area (Å²) in [5, 5.41) is 11.6. The number of nitrogens with zero attached hydrogens (tertiary/aromatic N) is 1. The lowest BCUT2D eigenvalue weighted by Crippen LogP contribution is -2.45. The lowest BCUT2D eigenvalue weighted by Gasteiger charge is -2.31. The van der Waals surface area contributed by atoms with Crippen LogP contribution in [0.2, 0.25) is 0 Å².